The maximum absolute atomic E-state index is 8.97. The molecule has 0 amide bonds. The van der Waals surface area contributed by atoms with E-state index in [1.807, 2.05) is 6.07 Å². The minimum atomic E-state index is -0.0638. The summed E-state index contributed by atoms with van der Waals surface area (Å²) >= 11 is 0. The normalized spacial score (nSPS) is 13.2. The number of ether oxygens (including phenoxy) is 2. The van der Waals surface area contributed by atoms with Crippen molar-refractivity contribution in [2.45, 2.75) is 26.1 Å². The van der Waals surface area contributed by atoms with Crippen LogP contribution in [-0.2, 0) is 22.6 Å². The largest absolute Gasteiger partial charge is 0.462 e. The van der Waals surface area contributed by atoms with Crippen LogP contribution in [0.15, 0.2) is 16.5 Å². The highest BCUT2D eigenvalue weighted by molar-refractivity contribution is 5.06. The van der Waals surface area contributed by atoms with Gasteiger partial charge < -0.3 is 19.0 Å². The second-order valence-corrected chi connectivity index (χ2v) is 4.29. The molecular formula is C13H23NO4. The minimum absolute atomic E-state index is 0.0638. The molecule has 0 aliphatic rings. The maximum atomic E-state index is 8.97. The number of furan rings is 1. The van der Waals surface area contributed by atoms with E-state index in [9.17, 15) is 0 Å². The summed E-state index contributed by atoms with van der Waals surface area (Å²) < 4.78 is 15.8. The highest BCUT2D eigenvalue weighted by Crippen LogP contribution is 2.12. The zero-order valence-electron chi connectivity index (χ0n) is 11.4. The number of methoxy groups -OCH3 is 2. The molecule has 1 unspecified atom stereocenters. The van der Waals surface area contributed by atoms with E-state index in [-0.39, 0.29) is 12.6 Å². The SMILES string of the molecule is COCCN(Cc1ccc(CO)o1)C(C)COC. The van der Waals surface area contributed by atoms with Crippen LogP contribution in [0.3, 0.4) is 0 Å². The zero-order valence-corrected chi connectivity index (χ0v) is 11.4. The Kier molecular flexibility index (Phi) is 6.97. The van der Waals surface area contributed by atoms with Gasteiger partial charge in [-0.3, -0.25) is 4.90 Å². The lowest BCUT2D eigenvalue weighted by Gasteiger charge is -2.27. The summed E-state index contributed by atoms with van der Waals surface area (Å²) in [6.07, 6.45) is 0. The summed E-state index contributed by atoms with van der Waals surface area (Å²) in [6, 6.07) is 3.98. The first-order valence-corrected chi connectivity index (χ1v) is 6.11. The average Bonchev–Trinajstić information content (AvgIpc) is 2.82. The van der Waals surface area contributed by atoms with Crippen LogP contribution >= 0.6 is 0 Å². The van der Waals surface area contributed by atoms with Crippen molar-refractivity contribution in [2.75, 3.05) is 34.0 Å². The van der Waals surface area contributed by atoms with Crippen molar-refractivity contribution >= 4 is 0 Å². The van der Waals surface area contributed by atoms with E-state index >= 15 is 0 Å². The summed E-state index contributed by atoms with van der Waals surface area (Å²) in [5, 5.41) is 8.97. The fourth-order valence-electron chi connectivity index (χ4n) is 1.80. The van der Waals surface area contributed by atoms with Crippen molar-refractivity contribution in [1.82, 2.24) is 4.90 Å². The second kappa shape index (κ2) is 8.26. The molecule has 1 aromatic heterocycles. The van der Waals surface area contributed by atoms with Crippen molar-refractivity contribution in [3.63, 3.8) is 0 Å². The van der Waals surface area contributed by atoms with Crippen molar-refractivity contribution in [3.05, 3.63) is 23.7 Å². The fourth-order valence-corrected chi connectivity index (χ4v) is 1.80. The van der Waals surface area contributed by atoms with Gasteiger partial charge in [0.05, 0.1) is 19.8 Å². The Labute approximate surface area is 108 Å². The monoisotopic (exact) mass is 257 g/mol. The molecule has 104 valence electrons. The van der Waals surface area contributed by atoms with E-state index in [4.69, 9.17) is 19.0 Å². The van der Waals surface area contributed by atoms with Crippen molar-refractivity contribution in [1.29, 1.82) is 0 Å². The van der Waals surface area contributed by atoms with Crippen molar-refractivity contribution < 1.29 is 19.0 Å². The van der Waals surface area contributed by atoms with Gasteiger partial charge in [0.2, 0.25) is 0 Å². The summed E-state index contributed by atoms with van der Waals surface area (Å²) in [4.78, 5) is 2.23. The second-order valence-electron chi connectivity index (χ2n) is 4.29. The third-order valence-corrected chi connectivity index (χ3v) is 2.85. The Hall–Kier alpha value is -0.880. The number of hydrogen-bond acceptors (Lipinski definition) is 5. The number of rotatable bonds is 9. The highest BCUT2D eigenvalue weighted by atomic mass is 16.5. The van der Waals surface area contributed by atoms with Gasteiger partial charge in [-0.25, -0.2) is 0 Å². The lowest BCUT2D eigenvalue weighted by Crippen LogP contribution is -2.37. The molecule has 0 aromatic carbocycles. The number of aliphatic hydroxyl groups excluding tert-OH is 1. The van der Waals surface area contributed by atoms with Gasteiger partial charge in [-0.15, -0.1) is 0 Å². The van der Waals surface area contributed by atoms with Crippen molar-refractivity contribution in [3.8, 4) is 0 Å². The molecule has 0 aliphatic heterocycles. The van der Waals surface area contributed by atoms with Crippen LogP contribution in [0.25, 0.3) is 0 Å². The van der Waals surface area contributed by atoms with Crippen LogP contribution in [0, 0.1) is 0 Å². The van der Waals surface area contributed by atoms with Gasteiger partial charge >= 0.3 is 0 Å². The van der Waals surface area contributed by atoms with E-state index in [1.165, 1.54) is 0 Å². The number of hydrogen-bond donors (Lipinski definition) is 1. The van der Waals surface area contributed by atoms with Gasteiger partial charge in [0.15, 0.2) is 0 Å². The van der Waals surface area contributed by atoms with Crippen LogP contribution < -0.4 is 0 Å². The van der Waals surface area contributed by atoms with Gasteiger partial charge in [0.25, 0.3) is 0 Å². The highest BCUT2D eigenvalue weighted by Gasteiger charge is 2.15. The molecule has 0 bridgehead atoms. The molecule has 0 radical (unpaired) electrons. The molecule has 5 nitrogen and oxygen atoms in total. The molecule has 1 rings (SSSR count). The predicted octanol–water partition coefficient (Wildman–Crippen LogP) is 1.26. The zero-order chi connectivity index (χ0) is 13.4. The molecule has 0 aliphatic carbocycles. The maximum Gasteiger partial charge on any atom is 0.129 e. The number of nitrogens with zero attached hydrogens (tertiary/aromatic N) is 1. The third-order valence-electron chi connectivity index (χ3n) is 2.85. The standard InChI is InChI=1S/C13H23NO4/c1-11(10-17-3)14(6-7-16-2)8-12-4-5-13(9-15)18-12/h4-5,11,15H,6-10H2,1-3H3. The molecule has 1 N–H and O–H groups in total. The molecule has 1 heterocycles. The molecule has 1 atom stereocenters. The summed E-state index contributed by atoms with van der Waals surface area (Å²) in [5.74, 6) is 1.44. The predicted molar refractivity (Wildman–Crippen MR) is 68.3 cm³/mol. The van der Waals surface area contributed by atoms with Crippen LogP contribution in [0.5, 0.6) is 0 Å². The first-order valence-electron chi connectivity index (χ1n) is 6.11. The van der Waals surface area contributed by atoms with Gasteiger partial charge in [0.1, 0.15) is 18.1 Å². The number of aliphatic hydroxyl groups is 1. The average molecular weight is 257 g/mol. The summed E-state index contributed by atoms with van der Waals surface area (Å²) in [6.45, 7) is 4.88. The Morgan fingerprint density at radius 2 is 2.00 bits per heavy atom. The Balaban J connectivity index is 2.58. The Bertz CT molecular complexity index is 327. The van der Waals surface area contributed by atoms with Crippen molar-refractivity contribution in [2.24, 2.45) is 0 Å². The van der Waals surface area contributed by atoms with Gasteiger partial charge in [-0.1, -0.05) is 0 Å². The van der Waals surface area contributed by atoms with E-state index < -0.39 is 0 Å². The summed E-state index contributed by atoms with van der Waals surface area (Å²) in [5.41, 5.74) is 0. The van der Waals surface area contributed by atoms with E-state index in [0.29, 0.717) is 25.5 Å². The molecular weight excluding hydrogens is 234 g/mol. The van der Waals surface area contributed by atoms with Gasteiger partial charge in [-0.2, -0.15) is 0 Å². The van der Waals surface area contributed by atoms with Crippen LogP contribution in [0.4, 0.5) is 0 Å². The molecule has 1 aromatic rings. The molecule has 0 saturated carbocycles. The van der Waals surface area contributed by atoms with Gasteiger partial charge in [-0.05, 0) is 19.1 Å². The van der Waals surface area contributed by atoms with Crippen LogP contribution in [0.2, 0.25) is 0 Å². The molecule has 5 heteroatoms. The Morgan fingerprint density at radius 1 is 1.28 bits per heavy atom. The summed E-state index contributed by atoms with van der Waals surface area (Å²) in [7, 11) is 3.39. The lowest BCUT2D eigenvalue weighted by molar-refractivity contribution is 0.0657. The Morgan fingerprint density at radius 3 is 2.56 bits per heavy atom. The lowest BCUT2D eigenvalue weighted by atomic mass is 10.2. The molecule has 0 fully saturated rings. The topological polar surface area (TPSA) is 55.1 Å². The third kappa shape index (κ3) is 4.78. The first kappa shape index (κ1) is 15.2. The fraction of sp³-hybridized carbons (Fsp3) is 0.692. The smallest absolute Gasteiger partial charge is 0.129 e. The van der Waals surface area contributed by atoms with E-state index in [0.717, 1.165) is 12.3 Å². The minimum Gasteiger partial charge on any atom is -0.462 e. The van der Waals surface area contributed by atoms with E-state index in [1.54, 1.807) is 20.3 Å². The molecule has 0 saturated heterocycles. The van der Waals surface area contributed by atoms with Crippen LogP contribution in [-0.4, -0.2) is 50.0 Å². The quantitative estimate of drug-likeness (QED) is 0.721. The first-order chi connectivity index (χ1) is 8.71. The van der Waals surface area contributed by atoms with Crippen LogP contribution in [0.1, 0.15) is 18.4 Å². The van der Waals surface area contributed by atoms with E-state index in [2.05, 4.69) is 11.8 Å². The van der Waals surface area contributed by atoms with Gasteiger partial charge in [0, 0.05) is 26.8 Å². The molecule has 18 heavy (non-hydrogen) atoms. The molecule has 0 spiro atoms.